The van der Waals surface area contributed by atoms with Crippen LogP contribution < -0.4 is 0 Å². The quantitative estimate of drug-likeness (QED) is 0.513. The Hall–Kier alpha value is 0. The van der Waals surface area contributed by atoms with E-state index in [0.29, 0.717) is 21.7 Å². The average Bonchev–Trinajstić information content (AvgIpc) is 2.14. The van der Waals surface area contributed by atoms with Crippen molar-refractivity contribution < 1.29 is 0 Å². The van der Waals surface area contributed by atoms with E-state index >= 15 is 0 Å². The SMILES string of the molecule is CC(C)(C)C1(C)CCC(C(C)(C)C(C)(C)C)CC1. The van der Waals surface area contributed by atoms with Crippen LogP contribution in [0.2, 0.25) is 0 Å². The molecule has 0 amide bonds. The van der Waals surface area contributed by atoms with Crippen LogP contribution in [-0.2, 0) is 0 Å². The van der Waals surface area contributed by atoms with Gasteiger partial charge in [0.1, 0.15) is 0 Å². The summed E-state index contributed by atoms with van der Waals surface area (Å²) in [5, 5.41) is 0. The van der Waals surface area contributed by atoms with E-state index in [0.717, 1.165) is 5.92 Å². The summed E-state index contributed by atoms with van der Waals surface area (Å²) >= 11 is 0. The molecule has 0 nitrogen and oxygen atoms in total. The van der Waals surface area contributed by atoms with Gasteiger partial charge in [-0.05, 0) is 53.3 Å². The van der Waals surface area contributed by atoms with Crippen LogP contribution >= 0.6 is 0 Å². The van der Waals surface area contributed by atoms with E-state index in [-0.39, 0.29) is 0 Å². The fraction of sp³-hybridized carbons (Fsp3) is 1.00. The second-order valence-corrected chi connectivity index (χ2v) is 9.56. The van der Waals surface area contributed by atoms with Crippen LogP contribution in [-0.4, -0.2) is 0 Å². The largest absolute Gasteiger partial charge is 0.0597 e. The maximum atomic E-state index is 2.51. The molecule has 0 unspecified atom stereocenters. The first kappa shape index (κ1) is 16.1. The lowest BCUT2D eigenvalue weighted by molar-refractivity contribution is -0.0264. The van der Waals surface area contributed by atoms with Crippen molar-refractivity contribution in [2.75, 3.05) is 0 Å². The van der Waals surface area contributed by atoms with Crippen molar-refractivity contribution >= 4 is 0 Å². The van der Waals surface area contributed by atoms with Crippen molar-refractivity contribution in [3.8, 4) is 0 Å². The minimum Gasteiger partial charge on any atom is -0.0597 e. The Bertz CT molecular complexity index is 274. The molecule has 1 aliphatic rings. The molecule has 0 saturated heterocycles. The topological polar surface area (TPSA) is 0 Å². The molecule has 0 bridgehead atoms. The van der Waals surface area contributed by atoms with E-state index in [4.69, 9.17) is 0 Å². The molecule has 108 valence electrons. The average molecular weight is 252 g/mol. The second kappa shape index (κ2) is 4.53. The van der Waals surface area contributed by atoms with Crippen LogP contribution in [0.15, 0.2) is 0 Å². The Kier molecular flexibility index (Phi) is 4.04. The normalized spacial score (nSPS) is 31.5. The summed E-state index contributed by atoms with van der Waals surface area (Å²) in [6, 6.07) is 0. The van der Waals surface area contributed by atoms with E-state index in [1.54, 1.807) is 0 Å². The standard InChI is InChI=1S/C18H36/c1-15(2,3)17(7,8)14-10-12-18(9,13-11-14)16(4,5)6/h14H,10-13H2,1-9H3. The van der Waals surface area contributed by atoms with Gasteiger partial charge >= 0.3 is 0 Å². The van der Waals surface area contributed by atoms with Gasteiger partial charge in [-0.25, -0.2) is 0 Å². The highest BCUT2D eigenvalue weighted by Crippen LogP contribution is 2.56. The third-order valence-electron chi connectivity index (χ3n) is 6.85. The molecule has 0 spiro atoms. The zero-order valence-electron chi connectivity index (χ0n) is 14.4. The van der Waals surface area contributed by atoms with Crippen molar-refractivity contribution in [3.63, 3.8) is 0 Å². The second-order valence-electron chi connectivity index (χ2n) is 9.56. The van der Waals surface area contributed by atoms with Gasteiger partial charge in [0.05, 0.1) is 0 Å². The first-order valence-electron chi connectivity index (χ1n) is 7.81. The first-order valence-corrected chi connectivity index (χ1v) is 7.81. The van der Waals surface area contributed by atoms with Crippen molar-refractivity contribution in [2.24, 2.45) is 27.6 Å². The molecule has 0 radical (unpaired) electrons. The van der Waals surface area contributed by atoms with Crippen molar-refractivity contribution in [1.29, 1.82) is 0 Å². The van der Waals surface area contributed by atoms with Gasteiger partial charge in [0.2, 0.25) is 0 Å². The van der Waals surface area contributed by atoms with Gasteiger partial charge < -0.3 is 0 Å². The zero-order valence-corrected chi connectivity index (χ0v) is 14.4. The monoisotopic (exact) mass is 252 g/mol. The predicted molar refractivity (Wildman–Crippen MR) is 82.8 cm³/mol. The molecule has 0 aromatic rings. The van der Waals surface area contributed by atoms with E-state index in [1.807, 2.05) is 0 Å². The molecule has 0 aromatic carbocycles. The highest BCUT2D eigenvalue weighted by atomic mass is 14.5. The molecular formula is C18H36. The van der Waals surface area contributed by atoms with Crippen LogP contribution in [0.3, 0.4) is 0 Å². The third-order valence-corrected chi connectivity index (χ3v) is 6.85. The summed E-state index contributed by atoms with van der Waals surface area (Å²) in [5.41, 5.74) is 1.85. The highest BCUT2D eigenvalue weighted by molar-refractivity contribution is 4.96. The minimum atomic E-state index is 0.410. The summed E-state index contributed by atoms with van der Waals surface area (Å²) < 4.78 is 0. The highest BCUT2D eigenvalue weighted by Gasteiger charge is 2.46. The molecule has 1 rings (SSSR count). The lowest BCUT2D eigenvalue weighted by atomic mass is 9.52. The van der Waals surface area contributed by atoms with Gasteiger partial charge in [-0.1, -0.05) is 62.3 Å². The molecule has 0 aromatic heterocycles. The van der Waals surface area contributed by atoms with Crippen LogP contribution in [0.5, 0.6) is 0 Å². The molecule has 0 N–H and O–H groups in total. The van der Waals surface area contributed by atoms with Crippen LogP contribution in [0.4, 0.5) is 0 Å². The van der Waals surface area contributed by atoms with Crippen LogP contribution in [0, 0.1) is 27.6 Å². The molecule has 1 fully saturated rings. The summed E-state index contributed by atoms with van der Waals surface area (Å²) in [4.78, 5) is 0. The fourth-order valence-corrected chi connectivity index (χ4v) is 3.34. The van der Waals surface area contributed by atoms with Crippen molar-refractivity contribution in [3.05, 3.63) is 0 Å². The summed E-state index contributed by atoms with van der Waals surface area (Å²) in [5.74, 6) is 0.896. The summed E-state index contributed by atoms with van der Waals surface area (Å²) in [6.45, 7) is 22.0. The molecule has 0 heteroatoms. The Morgan fingerprint density at radius 2 is 1.17 bits per heavy atom. The van der Waals surface area contributed by atoms with Crippen LogP contribution in [0.1, 0.15) is 88.0 Å². The Morgan fingerprint density at radius 3 is 1.44 bits per heavy atom. The number of hydrogen-bond donors (Lipinski definition) is 0. The van der Waals surface area contributed by atoms with E-state index < -0.39 is 0 Å². The molecular weight excluding hydrogens is 216 g/mol. The Balaban J connectivity index is 2.77. The predicted octanol–water partition coefficient (Wildman–Crippen LogP) is 6.30. The van der Waals surface area contributed by atoms with Gasteiger partial charge in [0.25, 0.3) is 0 Å². The smallest absolute Gasteiger partial charge is 0.0277 e. The maximum absolute atomic E-state index is 2.51. The van der Waals surface area contributed by atoms with Crippen molar-refractivity contribution in [2.45, 2.75) is 88.0 Å². The number of hydrogen-bond acceptors (Lipinski definition) is 0. The minimum absolute atomic E-state index is 0.410. The third kappa shape index (κ3) is 2.78. The number of rotatable bonds is 1. The van der Waals surface area contributed by atoms with E-state index in [1.165, 1.54) is 25.7 Å². The Labute approximate surface area is 116 Å². The van der Waals surface area contributed by atoms with Crippen LogP contribution in [0.25, 0.3) is 0 Å². The molecule has 18 heavy (non-hydrogen) atoms. The Morgan fingerprint density at radius 1 is 0.778 bits per heavy atom. The lowest BCUT2D eigenvalue weighted by Crippen LogP contribution is -2.43. The van der Waals surface area contributed by atoms with Crippen molar-refractivity contribution in [1.82, 2.24) is 0 Å². The molecule has 1 aliphatic carbocycles. The summed E-state index contributed by atoms with van der Waals surface area (Å²) in [7, 11) is 0. The molecule has 0 heterocycles. The van der Waals surface area contributed by atoms with Gasteiger partial charge in [0, 0.05) is 0 Å². The van der Waals surface area contributed by atoms with Gasteiger partial charge in [0.15, 0.2) is 0 Å². The first-order chi connectivity index (χ1) is 7.81. The molecule has 0 aliphatic heterocycles. The fourth-order valence-electron chi connectivity index (χ4n) is 3.34. The lowest BCUT2D eigenvalue weighted by Gasteiger charge is -2.53. The zero-order chi connectivity index (χ0) is 14.4. The van der Waals surface area contributed by atoms with Gasteiger partial charge in [-0.3, -0.25) is 0 Å². The molecule has 1 saturated carbocycles. The summed E-state index contributed by atoms with van der Waals surface area (Å²) in [6.07, 6.45) is 5.64. The van der Waals surface area contributed by atoms with Gasteiger partial charge in [-0.15, -0.1) is 0 Å². The van der Waals surface area contributed by atoms with E-state index in [9.17, 15) is 0 Å². The van der Waals surface area contributed by atoms with Gasteiger partial charge in [-0.2, -0.15) is 0 Å². The van der Waals surface area contributed by atoms with E-state index in [2.05, 4.69) is 62.3 Å². The molecule has 0 atom stereocenters. The maximum Gasteiger partial charge on any atom is -0.0277 e.